The number of aliphatic carboxylic acids is 1. The number of carboxylic acid groups (broad SMARTS) is 1. The van der Waals surface area contributed by atoms with E-state index >= 15 is 0 Å². The van der Waals surface area contributed by atoms with Gasteiger partial charge in [0.1, 0.15) is 6.04 Å². The third kappa shape index (κ3) is 3.67. The van der Waals surface area contributed by atoms with E-state index in [9.17, 15) is 14.7 Å². The van der Waals surface area contributed by atoms with E-state index in [1.807, 2.05) is 41.4 Å². The van der Waals surface area contributed by atoms with Gasteiger partial charge in [0.25, 0.3) is 0 Å². The van der Waals surface area contributed by atoms with Crippen LogP contribution < -0.4 is 0 Å². The molecule has 2 aromatic rings. The fourth-order valence-electron chi connectivity index (χ4n) is 4.62. The van der Waals surface area contributed by atoms with Crippen LogP contribution in [-0.2, 0) is 16.1 Å². The van der Waals surface area contributed by atoms with Gasteiger partial charge in [-0.25, -0.2) is 4.68 Å². The van der Waals surface area contributed by atoms with Crippen molar-refractivity contribution in [1.29, 1.82) is 0 Å². The second-order valence-corrected chi connectivity index (χ2v) is 8.09. The first-order valence-corrected chi connectivity index (χ1v) is 9.77. The Morgan fingerprint density at radius 3 is 2.50 bits per heavy atom. The maximum absolute atomic E-state index is 11.9. The predicted octanol–water partition coefficient (Wildman–Crippen LogP) is 2.16. The standard InChI is InChI=1S/C21H26N4O3/c1-16(26)23-11-7-21(8-12-23)13-19(20(27)28)24(15-21)14-17-3-5-18(6-4-17)25-10-2-9-22-25/h2-6,9-10,19H,7-8,11-15H2,1H3,(H,27,28)/t19-/m0/s1. The second-order valence-electron chi connectivity index (χ2n) is 8.09. The van der Waals surface area contributed by atoms with Gasteiger partial charge >= 0.3 is 5.97 Å². The zero-order chi connectivity index (χ0) is 19.7. The van der Waals surface area contributed by atoms with Crippen LogP contribution in [0, 0.1) is 5.41 Å². The van der Waals surface area contributed by atoms with Crippen LogP contribution in [0.3, 0.4) is 0 Å². The van der Waals surface area contributed by atoms with Crippen molar-refractivity contribution in [3.63, 3.8) is 0 Å². The molecule has 1 N–H and O–H groups in total. The first-order chi connectivity index (χ1) is 13.5. The number of aromatic nitrogens is 2. The average molecular weight is 382 g/mol. The lowest BCUT2D eigenvalue weighted by atomic mass is 9.76. The highest BCUT2D eigenvalue weighted by atomic mass is 16.4. The number of rotatable bonds is 4. The molecular formula is C21H26N4O3. The third-order valence-electron chi connectivity index (χ3n) is 6.25. The van der Waals surface area contributed by atoms with Gasteiger partial charge in [-0.05, 0) is 48.4 Å². The van der Waals surface area contributed by atoms with Gasteiger partial charge in [-0.1, -0.05) is 12.1 Å². The average Bonchev–Trinajstić information content (AvgIpc) is 3.32. The number of hydrogen-bond acceptors (Lipinski definition) is 4. The Morgan fingerprint density at radius 1 is 1.21 bits per heavy atom. The number of carbonyl (C=O) groups excluding carboxylic acids is 1. The van der Waals surface area contributed by atoms with Crippen molar-refractivity contribution >= 4 is 11.9 Å². The number of carbonyl (C=O) groups is 2. The van der Waals surface area contributed by atoms with E-state index in [4.69, 9.17) is 0 Å². The highest BCUT2D eigenvalue weighted by molar-refractivity contribution is 5.74. The smallest absolute Gasteiger partial charge is 0.320 e. The van der Waals surface area contributed by atoms with E-state index in [0.717, 1.165) is 43.7 Å². The number of benzene rings is 1. The van der Waals surface area contributed by atoms with Crippen LogP contribution in [0.15, 0.2) is 42.7 Å². The quantitative estimate of drug-likeness (QED) is 0.877. The van der Waals surface area contributed by atoms with Crippen LogP contribution >= 0.6 is 0 Å². The van der Waals surface area contributed by atoms with Gasteiger partial charge in [-0.2, -0.15) is 5.10 Å². The molecule has 0 unspecified atom stereocenters. The molecule has 7 heteroatoms. The molecule has 0 aliphatic carbocycles. The highest BCUT2D eigenvalue weighted by Gasteiger charge is 2.48. The molecule has 2 aliphatic rings. The van der Waals surface area contributed by atoms with E-state index in [0.29, 0.717) is 13.0 Å². The van der Waals surface area contributed by atoms with E-state index in [1.165, 1.54) is 0 Å². The molecule has 2 saturated heterocycles. The van der Waals surface area contributed by atoms with Gasteiger partial charge in [-0.3, -0.25) is 14.5 Å². The number of amides is 1. The van der Waals surface area contributed by atoms with E-state index in [-0.39, 0.29) is 11.3 Å². The molecular weight excluding hydrogens is 356 g/mol. The van der Waals surface area contributed by atoms with Crippen molar-refractivity contribution in [3.8, 4) is 5.69 Å². The molecule has 2 aliphatic heterocycles. The first-order valence-electron chi connectivity index (χ1n) is 9.77. The Hall–Kier alpha value is -2.67. The summed E-state index contributed by atoms with van der Waals surface area (Å²) in [5.74, 6) is -0.643. The SMILES string of the molecule is CC(=O)N1CCC2(CC1)C[C@@H](C(=O)O)N(Cc1ccc(-n3cccn3)cc1)C2. The van der Waals surface area contributed by atoms with Gasteiger partial charge in [0.15, 0.2) is 0 Å². The van der Waals surface area contributed by atoms with Crippen molar-refractivity contribution in [2.75, 3.05) is 19.6 Å². The van der Waals surface area contributed by atoms with E-state index < -0.39 is 12.0 Å². The largest absolute Gasteiger partial charge is 0.480 e. The van der Waals surface area contributed by atoms with Gasteiger partial charge < -0.3 is 10.0 Å². The molecule has 4 rings (SSSR count). The molecule has 0 bridgehead atoms. The fourth-order valence-corrected chi connectivity index (χ4v) is 4.62. The summed E-state index contributed by atoms with van der Waals surface area (Å²) < 4.78 is 1.80. The Balaban J connectivity index is 1.46. The zero-order valence-corrected chi connectivity index (χ0v) is 16.1. The highest BCUT2D eigenvalue weighted by Crippen LogP contribution is 2.44. The molecule has 1 atom stereocenters. The Labute approximate surface area is 164 Å². The maximum Gasteiger partial charge on any atom is 0.320 e. The van der Waals surface area contributed by atoms with Gasteiger partial charge in [0.05, 0.1) is 5.69 Å². The minimum Gasteiger partial charge on any atom is -0.480 e. The maximum atomic E-state index is 11.9. The molecule has 0 radical (unpaired) electrons. The molecule has 1 aromatic carbocycles. The number of carboxylic acids is 1. The second kappa shape index (κ2) is 7.39. The van der Waals surface area contributed by atoms with Crippen molar-refractivity contribution in [2.24, 2.45) is 5.41 Å². The molecule has 1 aromatic heterocycles. The predicted molar refractivity (Wildman–Crippen MR) is 104 cm³/mol. The number of nitrogens with zero attached hydrogens (tertiary/aromatic N) is 4. The molecule has 3 heterocycles. The molecule has 1 spiro atoms. The minimum absolute atomic E-state index is 0.00398. The summed E-state index contributed by atoms with van der Waals surface area (Å²) in [6.07, 6.45) is 6.06. The van der Waals surface area contributed by atoms with Crippen molar-refractivity contribution in [3.05, 3.63) is 48.3 Å². The van der Waals surface area contributed by atoms with Gasteiger partial charge in [-0.15, -0.1) is 0 Å². The number of hydrogen-bond donors (Lipinski definition) is 1. The number of likely N-dealkylation sites (tertiary alicyclic amines) is 2. The first kappa shape index (κ1) is 18.7. The van der Waals surface area contributed by atoms with Crippen molar-refractivity contribution < 1.29 is 14.7 Å². The lowest BCUT2D eigenvalue weighted by molar-refractivity contribution is -0.142. The Bertz CT molecular complexity index is 839. The number of piperidine rings is 1. The van der Waals surface area contributed by atoms with Gasteiger partial charge in [0, 0.05) is 45.5 Å². The molecule has 148 valence electrons. The summed E-state index contributed by atoms with van der Waals surface area (Å²) in [7, 11) is 0. The van der Waals surface area contributed by atoms with Crippen LogP contribution in [-0.4, -0.2) is 62.2 Å². The van der Waals surface area contributed by atoms with Gasteiger partial charge in [0.2, 0.25) is 5.91 Å². The van der Waals surface area contributed by atoms with Crippen LogP contribution in [0.4, 0.5) is 0 Å². The lowest BCUT2D eigenvalue weighted by Gasteiger charge is -2.39. The third-order valence-corrected chi connectivity index (χ3v) is 6.25. The minimum atomic E-state index is -0.751. The van der Waals surface area contributed by atoms with Crippen LogP contribution in [0.1, 0.15) is 31.7 Å². The summed E-state index contributed by atoms with van der Waals surface area (Å²) in [6, 6.07) is 9.52. The fraction of sp³-hybridized carbons (Fsp3) is 0.476. The normalized spacial score (nSPS) is 21.9. The summed E-state index contributed by atoms with van der Waals surface area (Å²) >= 11 is 0. The summed E-state index contributed by atoms with van der Waals surface area (Å²) in [5.41, 5.74) is 2.09. The Kier molecular flexibility index (Phi) is 4.93. The van der Waals surface area contributed by atoms with Crippen molar-refractivity contribution in [2.45, 2.75) is 38.8 Å². The molecule has 0 saturated carbocycles. The Morgan fingerprint density at radius 2 is 1.93 bits per heavy atom. The molecule has 7 nitrogen and oxygen atoms in total. The van der Waals surface area contributed by atoms with E-state index in [2.05, 4.69) is 10.00 Å². The van der Waals surface area contributed by atoms with Crippen LogP contribution in [0.25, 0.3) is 5.69 Å². The van der Waals surface area contributed by atoms with Crippen LogP contribution in [0.2, 0.25) is 0 Å². The lowest BCUT2D eigenvalue weighted by Crippen LogP contribution is -2.43. The summed E-state index contributed by atoms with van der Waals surface area (Å²) in [5, 5.41) is 14.0. The topological polar surface area (TPSA) is 78.7 Å². The zero-order valence-electron chi connectivity index (χ0n) is 16.1. The molecule has 1 amide bonds. The van der Waals surface area contributed by atoms with Crippen molar-refractivity contribution in [1.82, 2.24) is 19.6 Å². The monoisotopic (exact) mass is 382 g/mol. The molecule has 28 heavy (non-hydrogen) atoms. The summed E-state index contributed by atoms with van der Waals surface area (Å²) in [4.78, 5) is 27.5. The summed E-state index contributed by atoms with van der Waals surface area (Å²) in [6.45, 7) is 4.46. The van der Waals surface area contributed by atoms with E-state index in [1.54, 1.807) is 17.8 Å². The van der Waals surface area contributed by atoms with Crippen LogP contribution in [0.5, 0.6) is 0 Å². The molecule has 2 fully saturated rings.